The lowest BCUT2D eigenvalue weighted by Gasteiger charge is -2.28. The predicted octanol–water partition coefficient (Wildman–Crippen LogP) is -1.54. The van der Waals surface area contributed by atoms with Crippen LogP contribution in [-0.2, 0) is 19.6 Å². The second-order valence-corrected chi connectivity index (χ2v) is 7.20. The Morgan fingerprint density at radius 3 is 2.45 bits per heavy atom. The fourth-order valence-electron chi connectivity index (χ4n) is 2.87. The molecular weight excluding hydrogens is 288 g/mol. The van der Waals surface area contributed by atoms with Crippen molar-refractivity contribution in [1.82, 2.24) is 9.21 Å². The van der Waals surface area contributed by atoms with Gasteiger partial charge in [-0.25, -0.2) is 13.2 Å². The lowest BCUT2D eigenvalue weighted by Crippen LogP contribution is -2.50. The van der Waals surface area contributed by atoms with Crippen LogP contribution >= 0.6 is 0 Å². The molecule has 2 aliphatic heterocycles. The maximum absolute atomic E-state index is 12.4. The number of β-amino-alcohol motifs (C(OH)–C–C–N with tert-alkyl or cyclic N) is 1. The molecule has 1 unspecified atom stereocenters. The number of aliphatic hydroxyl groups is 1. The van der Waals surface area contributed by atoms with E-state index in [2.05, 4.69) is 0 Å². The molecule has 8 nitrogen and oxygen atoms in total. The third-order valence-electron chi connectivity index (χ3n) is 3.76. The first kappa shape index (κ1) is 15.2. The van der Waals surface area contributed by atoms with Crippen LogP contribution in [0.3, 0.4) is 0 Å². The summed E-state index contributed by atoms with van der Waals surface area (Å²) in [5.41, 5.74) is 0. The van der Waals surface area contributed by atoms with Crippen LogP contribution in [0, 0.1) is 0 Å². The van der Waals surface area contributed by atoms with E-state index in [4.69, 9.17) is 5.11 Å². The lowest BCUT2D eigenvalue weighted by atomic mass is 10.1. The number of carboxylic acid groups (broad SMARTS) is 1. The van der Waals surface area contributed by atoms with E-state index in [1.165, 1.54) is 0 Å². The first-order valence-corrected chi connectivity index (χ1v) is 8.25. The smallest absolute Gasteiger partial charge is 0.326 e. The van der Waals surface area contributed by atoms with Crippen molar-refractivity contribution in [3.8, 4) is 0 Å². The number of aliphatic carboxylic acids is 1. The summed E-state index contributed by atoms with van der Waals surface area (Å²) in [6.45, 7) is 0.202. The van der Waals surface area contributed by atoms with Crippen LogP contribution in [0.1, 0.15) is 19.3 Å². The number of amides is 1. The van der Waals surface area contributed by atoms with E-state index in [1.807, 2.05) is 0 Å². The number of nitrogens with zero attached hydrogens (tertiary/aromatic N) is 2. The van der Waals surface area contributed by atoms with Crippen LogP contribution in [0.2, 0.25) is 0 Å². The highest BCUT2D eigenvalue weighted by molar-refractivity contribution is 7.88. The van der Waals surface area contributed by atoms with Gasteiger partial charge >= 0.3 is 5.97 Å². The van der Waals surface area contributed by atoms with Gasteiger partial charge in [-0.2, -0.15) is 4.31 Å². The molecule has 0 aromatic heterocycles. The van der Waals surface area contributed by atoms with Gasteiger partial charge in [0.15, 0.2) is 0 Å². The molecule has 0 saturated carbocycles. The van der Waals surface area contributed by atoms with E-state index >= 15 is 0 Å². The molecule has 0 radical (unpaired) electrons. The van der Waals surface area contributed by atoms with Gasteiger partial charge in [-0.3, -0.25) is 4.79 Å². The highest BCUT2D eigenvalue weighted by Gasteiger charge is 2.45. The molecule has 2 aliphatic rings. The monoisotopic (exact) mass is 306 g/mol. The van der Waals surface area contributed by atoms with Gasteiger partial charge in [0.1, 0.15) is 12.1 Å². The molecule has 114 valence electrons. The highest BCUT2D eigenvalue weighted by atomic mass is 32.2. The number of carboxylic acids is 1. The number of likely N-dealkylation sites (tertiary alicyclic amines) is 1. The zero-order chi connectivity index (χ0) is 15.1. The van der Waals surface area contributed by atoms with Crippen molar-refractivity contribution in [2.24, 2.45) is 0 Å². The quantitative estimate of drug-likeness (QED) is 0.653. The maximum Gasteiger partial charge on any atom is 0.326 e. The minimum Gasteiger partial charge on any atom is -0.480 e. The molecule has 1 amide bonds. The van der Waals surface area contributed by atoms with Gasteiger partial charge in [0.05, 0.1) is 12.4 Å². The van der Waals surface area contributed by atoms with Crippen LogP contribution in [0.25, 0.3) is 0 Å². The van der Waals surface area contributed by atoms with Crippen molar-refractivity contribution in [2.75, 3.05) is 19.3 Å². The van der Waals surface area contributed by atoms with Crippen LogP contribution in [0.4, 0.5) is 0 Å². The molecule has 9 heteroatoms. The van der Waals surface area contributed by atoms with Crippen molar-refractivity contribution in [3.05, 3.63) is 0 Å². The molecule has 0 aromatic carbocycles. The predicted molar refractivity (Wildman–Crippen MR) is 68.3 cm³/mol. The third kappa shape index (κ3) is 2.79. The summed E-state index contributed by atoms with van der Waals surface area (Å²) in [5.74, 6) is -1.71. The molecule has 2 saturated heterocycles. The van der Waals surface area contributed by atoms with E-state index in [9.17, 15) is 23.1 Å². The highest BCUT2D eigenvalue weighted by Crippen LogP contribution is 2.26. The Morgan fingerprint density at radius 2 is 1.90 bits per heavy atom. The summed E-state index contributed by atoms with van der Waals surface area (Å²) >= 11 is 0. The van der Waals surface area contributed by atoms with Crippen molar-refractivity contribution in [2.45, 2.75) is 37.5 Å². The molecule has 0 bridgehead atoms. The second kappa shape index (κ2) is 5.30. The third-order valence-corrected chi connectivity index (χ3v) is 5.05. The fraction of sp³-hybridized carbons (Fsp3) is 0.818. The number of hydrogen-bond donors (Lipinski definition) is 2. The van der Waals surface area contributed by atoms with E-state index in [-0.39, 0.29) is 19.5 Å². The fourth-order valence-corrected chi connectivity index (χ4v) is 3.99. The normalized spacial score (nSPS) is 31.7. The number of aliphatic hydroxyl groups excluding tert-OH is 1. The Bertz CT molecular complexity index is 519. The van der Waals surface area contributed by atoms with Crippen molar-refractivity contribution < 1.29 is 28.2 Å². The lowest BCUT2D eigenvalue weighted by molar-refractivity contribution is -0.149. The van der Waals surface area contributed by atoms with Crippen molar-refractivity contribution in [3.63, 3.8) is 0 Å². The first-order valence-electron chi connectivity index (χ1n) is 6.40. The topological polar surface area (TPSA) is 115 Å². The number of carbonyl (C=O) groups is 2. The first-order chi connectivity index (χ1) is 9.21. The van der Waals surface area contributed by atoms with Crippen LogP contribution in [-0.4, -0.2) is 77.2 Å². The Kier molecular flexibility index (Phi) is 4.03. The minimum absolute atomic E-state index is 0.0212. The molecule has 20 heavy (non-hydrogen) atoms. The second-order valence-electron chi connectivity index (χ2n) is 5.27. The average molecular weight is 306 g/mol. The van der Waals surface area contributed by atoms with Crippen molar-refractivity contribution >= 4 is 21.9 Å². The van der Waals surface area contributed by atoms with Crippen LogP contribution in [0.5, 0.6) is 0 Å². The van der Waals surface area contributed by atoms with Gasteiger partial charge in [0.2, 0.25) is 15.9 Å². The molecule has 2 rings (SSSR count). The van der Waals surface area contributed by atoms with Gasteiger partial charge < -0.3 is 15.1 Å². The van der Waals surface area contributed by atoms with Gasteiger partial charge in [0, 0.05) is 19.5 Å². The molecule has 2 fully saturated rings. The number of sulfonamides is 1. The number of rotatable bonds is 3. The molecule has 0 aliphatic carbocycles. The van der Waals surface area contributed by atoms with Crippen LogP contribution < -0.4 is 0 Å². The van der Waals surface area contributed by atoms with E-state index in [0.29, 0.717) is 12.8 Å². The Morgan fingerprint density at radius 1 is 1.25 bits per heavy atom. The van der Waals surface area contributed by atoms with E-state index in [1.54, 1.807) is 0 Å². The summed E-state index contributed by atoms with van der Waals surface area (Å²) in [5, 5.41) is 18.6. The van der Waals surface area contributed by atoms with E-state index in [0.717, 1.165) is 15.5 Å². The zero-order valence-corrected chi connectivity index (χ0v) is 11.9. The molecule has 2 N–H and O–H groups in total. The van der Waals surface area contributed by atoms with Crippen molar-refractivity contribution in [1.29, 1.82) is 0 Å². The van der Waals surface area contributed by atoms with Crippen LogP contribution in [0.15, 0.2) is 0 Å². The largest absolute Gasteiger partial charge is 0.480 e. The maximum atomic E-state index is 12.4. The van der Waals surface area contributed by atoms with Gasteiger partial charge in [-0.1, -0.05) is 0 Å². The average Bonchev–Trinajstić information content (AvgIpc) is 2.92. The Labute approximate surface area is 117 Å². The molecule has 0 spiro atoms. The SMILES string of the molecule is CS(=O)(=O)N1CCCC1C(=O)N1C[C@H](O)C[C@@H]1C(=O)O. The summed E-state index contributed by atoms with van der Waals surface area (Å²) in [6.07, 6.45) is 1.08. The summed E-state index contributed by atoms with van der Waals surface area (Å²) in [7, 11) is -3.50. The molecule has 2 heterocycles. The number of hydrogen-bond acceptors (Lipinski definition) is 5. The summed E-state index contributed by atoms with van der Waals surface area (Å²) in [4.78, 5) is 24.6. The van der Waals surface area contributed by atoms with Gasteiger partial charge in [-0.15, -0.1) is 0 Å². The summed E-state index contributed by atoms with van der Waals surface area (Å²) < 4.78 is 24.4. The molecule has 0 aromatic rings. The minimum atomic E-state index is -3.50. The molecule has 3 atom stereocenters. The number of carbonyl (C=O) groups excluding carboxylic acids is 1. The Balaban J connectivity index is 2.20. The van der Waals surface area contributed by atoms with Gasteiger partial charge in [-0.05, 0) is 12.8 Å². The van der Waals surface area contributed by atoms with E-state index < -0.39 is 40.1 Å². The molecular formula is C11H18N2O6S. The summed E-state index contributed by atoms with van der Waals surface area (Å²) in [6, 6.07) is -1.93. The zero-order valence-electron chi connectivity index (χ0n) is 11.1. The standard InChI is InChI=1S/C11H18N2O6S/c1-20(18,19)13-4-2-3-8(13)10(15)12-6-7(14)5-9(12)11(16)17/h7-9,14H,2-6H2,1H3,(H,16,17)/t7-,8?,9-/m1/s1. The Hall–Kier alpha value is -1.19. The van der Waals surface area contributed by atoms with Gasteiger partial charge in [0.25, 0.3) is 0 Å².